The van der Waals surface area contributed by atoms with Crippen molar-refractivity contribution in [3.05, 3.63) is 6.33 Å². The molecule has 0 bridgehead atoms. The van der Waals surface area contributed by atoms with Gasteiger partial charge in [0.05, 0.1) is 6.33 Å². The summed E-state index contributed by atoms with van der Waals surface area (Å²) < 4.78 is 26.7. The van der Waals surface area contributed by atoms with Gasteiger partial charge in [-0.25, -0.2) is 18.1 Å². The van der Waals surface area contributed by atoms with Gasteiger partial charge in [-0.3, -0.25) is 4.79 Å². The molecule has 0 aromatic carbocycles. The fourth-order valence-electron chi connectivity index (χ4n) is 1.12. The first-order valence-corrected chi connectivity index (χ1v) is 5.98. The van der Waals surface area contributed by atoms with E-state index in [0.717, 1.165) is 0 Å². The van der Waals surface area contributed by atoms with Crippen LogP contribution in [0.25, 0.3) is 0 Å². The second-order valence-electron chi connectivity index (χ2n) is 3.32. The van der Waals surface area contributed by atoms with Crippen LogP contribution in [0.1, 0.15) is 0 Å². The van der Waals surface area contributed by atoms with Crippen LogP contribution in [-0.2, 0) is 21.9 Å². The Kier molecular flexibility index (Phi) is 3.70. The number of aliphatic hydroxyl groups is 1. The monoisotopic (exact) mass is 263 g/mol. The van der Waals surface area contributed by atoms with Crippen molar-refractivity contribution in [1.29, 1.82) is 0 Å². The lowest BCUT2D eigenvalue weighted by atomic mass is 10.3. The number of nitrogens with one attached hydrogen (secondary N) is 1. The SMILES string of the molecule is Cn1cnc(N)c1S(=O)(=O)NCC(O)C(N)=O. The summed E-state index contributed by atoms with van der Waals surface area (Å²) >= 11 is 0. The number of primary amides is 1. The average molecular weight is 263 g/mol. The van der Waals surface area contributed by atoms with Gasteiger partial charge in [-0.05, 0) is 0 Å². The molecule has 0 aliphatic rings. The summed E-state index contributed by atoms with van der Waals surface area (Å²) in [4.78, 5) is 14.1. The van der Waals surface area contributed by atoms with Gasteiger partial charge in [0.1, 0.15) is 6.10 Å². The number of aromatic nitrogens is 2. The van der Waals surface area contributed by atoms with Crippen molar-refractivity contribution in [1.82, 2.24) is 14.3 Å². The molecule has 1 unspecified atom stereocenters. The molecule has 0 saturated carbocycles. The fraction of sp³-hybridized carbons (Fsp3) is 0.429. The van der Waals surface area contributed by atoms with Gasteiger partial charge >= 0.3 is 0 Å². The molecule has 9 nitrogen and oxygen atoms in total. The van der Waals surface area contributed by atoms with E-state index in [1.54, 1.807) is 0 Å². The van der Waals surface area contributed by atoms with Crippen LogP contribution in [0.2, 0.25) is 0 Å². The van der Waals surface area contributed by atoms with E-state index in [9.17, 15) is 13.2 Å². The second-order valence-corrected chi connectivity index (χ2v) is 5.00. The van der Waals surface area contributed by atoms with Gasteiger partial charge in [-0.15, -0.1) is 0 Å². The van der Waals surface area contributed by atoms with Gasteiger partial charge in [0.25, 0.3) is 10.0 Å². The first-order chi connectivity index (χ1) is 7.75. The molecule has 0 aliphatic heterocycles. The van der Waals surface area contributed by atoms with Crippen molar-refractivity contribution < 1.29 is 18.3 Å². The standard InChI is InChI=1S/C7H13N5O4S/c1-12-3-10-5(8)7(12)17(15,16)11-2-4(13)6(9)14/h3-4,11,13H,2,8H2,1H3,(H2,9,14). The lowest BCUT2D eigenvalue weighted by Crippen LogP contribution is -2.40. The number of carbonyl (C=O) groups is 1. The number of hydrogen-bond donors (Lipinski definition) is 4. The maximum atomic E-state index is 11.7. The van der Waals surface area contributed by atoms with E-state index in [-0.39, 0.29) is 10.8 Å². The molecule has 1 rings (SSSR count). The maximum absolute atomic E-state index is 11.7. The Bertz CT molecular complexity index is 503. The fourth-order valence-corrected chi connectivity index (χ4v) is 2.39. The third-order valence-electron chi connectivity index (χ3n) is 1.96. The van der Waals surface area contributed by atoms with E-state index >= 15 is 0 Å². The summed E-state index contributed by atoms with van der Waals surface area (Å²) in [6.07, 6.45) is -0.367. The van der Waals surface area contributed by atoms with Crippen molar-refractivity contribution in [2.24, 2.45) is 12.8 Å². The Hall–Kier alpha value is -1.65. The number of aryl methyl sites for hydroxylation is 1. The highest BCUT2D eigenvalue weighted by molar-refractivity contribution is 7.89. The van der Waals surface area contributed by atoms with Crippen LogP contribution in [0.3, 0.4) is 0 Å². The van der Waals surface area contributed by atoms with Crippen molar-refractivity contribution in [3.8, 4) is 0 Å². The van der Waals surface area contributed by atoms with Gasteiger partial charge in [-0.1, -0.05) is 0 Å². The van der Waals surface area contributed by atoms with E-state index in [2.05, 4.69) is 4.98 Å². The molecular weight excluding hydrogens is 250 g/mol. The zero-order valence-corrected chi connectivity index (χ0v) is 9.81. The number of aliphatic hydroxyl groups excluding tert-OH is 1. The first kappa shape index (κ1) is 13.4. The summed E-state index contributed by atoms with van der Waals surface area (Å²) in [7, 11) is -2.50. The van der Waals surface area contributed by atoms with Crippen LogP contribution in [0.4, 0.5) is 5.82 Å². The summed E-state index contributed by atoms with van der Waals surface area (Å²) in [6, 6.07) is 0. The topological polar surface area (TPSA) is 153 Å². The molecule has 0 fully saturated rings. The van der Waals surface area contributed by atoms with Crippen molar-refractivity contribution in [3.63, 3.8) is 0 Å². The summed E-state index contributed by atoms with van der Waals surface area (Å²) in [5.74, 6) is -1.20. The largest absolute Gasteiger partial charge is 0.382 e. The third kappa shape index (κ3) is 2.93. The highest BCUT2D eigenvalue weighted by atomic mass is 32.2. The normalized spacial score (nSPS) is 13.5. The number of nitrogens with zero attached hydrogens (tertiary/aromatic N) is 2. The predicted molar refractivity (Wildman–Crippen MR) is 58.0 cm³/mol. The molecular formula is C7H13N5O4S. The lowest BCUT2D eigenvalue weighted by molar-refractivity contribution is -0.125. The van der Waals surface area contributed by atoms with Gasteiger partial charge in [0, 0.05) is 13.6 Å². The van der Waals surface area contributed by atoms with Gasteiger partial charge in [0.15, 0.2) is 10.8 Å². The van der Waals surface area contributed by atoms with Crippen molar-refractivity contribution >= 4 is 21.7 Å². The number of anilines is 1. The molecule has 0 radical (unpaired) electrons. The van der Waals surface area contributed by atoms with Gasteiger partial charge in [0.2, 0.25) is 5.91 Å². The highest BCUT2D eigenvalue weighted by Gasteiger charge is 2.24. The molecule has 10 heteroatoms. The minimum Gasteiger partial charge on any atom is -0.382 e. The Labute approximate surface area is 97.5 Å². The minimum absolute atomic E-state index is 0.173. The smallest absolute Gasteiger partial charge is 0.260 e. The zero-order valence-electron chi connectivity index (χ0n) is 8.99. The summed E-state index contributed by atoms with van der Waals surface area (Å²) in [5, 5.41) is 8.83. The number of carbonyl (C=O) groups excluding carboxylic acids is 1. The average Bonchev–Trinajstić information content (AvgIpc) is 2.55. The number of imidazole rings is 1. The Morgan fingerprint density at radius 3 is 2.71 bits per heavy atom. The number of sulfonamides is 1. The number of nitrogen functional groups attached to an aromatic ring is 1. The van der Waals surface area contributed by atoms with E-state index < -0.39 is 28.6 Å². The molecule has 96 valence electrons. The van der Waals surface area contributed by atoms with Crippen LogP contribution < -0.4 is 16.2 Å². The first-order valence-electron chi connectivity index (χ1n) is 4.49. The molecule has 0 spiro atoms. The zero-order chi connectivity index (χ0) is 13.2. The molecule has 0 saturated heterocycles. The molecule has 1 amide bonds. The quantitative estimate of drug-likeness (QED) is 0.447. The van der Waals surface area contributed by atoms with E-state index in [1.165, 1.54) is 17.9 Å². The molecule has 6 N–H and O–H groups in total. The molecule has 1 heterocycles. The Balaban J connectivity index is 2.87. The van der Waals surface area contributed by atoms with Crippen molar-refractivity contribution in [2.45, 2.75) is 11.1 Å². The number of amides is 1. The Morgan fingerprint density at radius 1 is 1.71 bits per heavy atom. The maximum Gasteiger partial charge on any atom is 0.260 e. The predicted octanol–water partition coefficient (Wildman–Crippen LogP) is -2.87. The van der Waals surface area contributed by atoms with Crippen LogP contribution in [0.15, 0.2) is 11.4 Å². The number of hydrogen-bond acceptors (Lipinski definition) is 6. The van der Waals surface area contributed by atoms with Gasteiger partial charge in [-0.2, -0.15) is 0 Å². The second kappa shape index (κ2) is 4.69. The van der Waals surface area contributed by atoms with Crippen LogP contribution >= 0.6 is 0 Å². The number of rotatable bonds is 5. The molecule has 0 aliphatic carbocycles. The van der Waals surface area contributed by atoms with E-state index in [4.69, 9.17) is 16.6 Å². The highest BCUT2D eigenvalue weighted by Crippen LogP contribution is 2.14. The van der Waals surface area contributed by atoms with Crippen LogP contribution in [0, 0.1) is 0 Å². The minimum atomic E-state index is -3.95. The molecule has 1 atom stereocenters. The lowest BCUT2D eigenvalue weighted by Gasteiger charge is -2.09. The summed E-state index contributed by atoms with van der Waals surface area (Å²) in [5.41, 5.74) is 10.2. The van der Waals surface area contributed by atoms with Crippen LogP contribution in [-0.4, -0.2) is 41.6 Å². The molecule has 17 heavy (non-hydrogen) atoms. The van der Waals surface area contributed by atoms with Crippen LogP contribution in [0.5, 0.6) is 0 Å². The number of nitrogens with two attached hydrogens (primary N) is 2. The van der Waals surface area contributed by atoms with E-state index in [0.29, 0.717) is 0 Å². The summed E-state index contributed by atoms with van der Waals surface area (Å²) in [6.45, 7) is -0.526. The molecule has 1 aromatic rings. The molecule has 1 aromatic heterocycles. The van der Waals surface area contributed by atoms with Gasteiger partial charge < -0.3 is 21.1 Å². The van der Waals surface area contributed by atoms with Crippen molar-refractivity contribution in [2.75, 3.05) is 12.3 Å². The Morgan fingerprint density at radius 2 is 2.29 bits per heavy atom. The van der Waals surface area contributed by atoms with E-state index in [1.807, 2.05) is 4.72 Å². The third-order valence-corrected chi connectivity index (χ3v) is 3.51.